The Morgan fingerprint density at radius 2 is 2.17 bits per heavy atom. The van der Waals surface area contributed by atoms with Crippen molar-refractivity contribution in [2.45, 2.75) is 51.6 Å². The van der Waals surface area contributed by atoms with E-state index in [0.29, 0.717) is 12.7 Å². The Hall–Kier alpha value is -0.120. The molecule has 1 heterocycles. The van der Waals surface area contributed by atoms with Crippen LogP contribution in [0.1, 0.15) is 45.4 Å². The molecule has 0 spiro atoms. The Labute approximate surface area is 112 Å². The van der Waals surface area contributed by atoms with Crippen LogP contribution in [0.15, 0.2) is 0 Å². The highest BCUT2D eigenvalue weighted by Gasteiger charge is 2.35. The van der Waals surface area contributed by atoms with Crippen LogP contribution in [0.3, 0.4) is 0 Å². The van der Waals surface area contributed by atoms with Crippen LogP contribution < -0.4 is 0 Å². The van der Waals surface area contributed by atoms with Gasteiger partial charge in [-0.1, -0.05) is 19.8 Å². The lowest BCUT2D eigenvalue weighted by Crippen LogP contribution is -2.43. The maximum Gasteiger partial charge on any atom is 0.0702 e. The van der Waals surface area contributed by atoms with Crippen molar-refractivity contribution in [1.29, 1.82) is 0 Å². The van der Waals surface area contributed by atoms with E-state index in [9.17, 15) is 5.11 Å². The molecule has 2 fully saturated rings. The van der Waals surface area contributed by atoms with Gasteiger partial charge >= 0.3 is 0 Å². The second kappa shape index (κ2) is 6.36. The van der Waals surface area contributed by atoms with E-state index in [2.05, 4.69) is 18.9 Å². The number of hydrogen-bond donors (Lipinski definition) is 1. The molecular weight excluding hydrogens is 226 g/mol. The van der Waals surface area contributed by atoms with Crippen LogP contribution in [0.2, 0.25) is 0 Å². The van der Waals surface area contributed by atoms with Crippen molar-refractivity contribution in [3.8, 4) is 0 Å². The summed E-state index contributed by atoms with van der Waals surface area (Å²) in [6, 6.07) is 0. The molecule has 1 aliphatic carbocycles. The third-order valence-electron chi connectivity index (χ3n) is 4.67. The normalized spacial score (nSPS) is 37.3. The quantitative estimate of drug-likeness (QED) is 0.818. The van der Waals surface area contributed by atoms with Gasteiger partial charge in [0.15, 0.2) is 0 Å². The van der Waals surface area contributed by atoms with Crippen molar-refractivity contribution in [1.82, 2.24) is 4.90 Å². The van der Waals surface area contributed by atoms with Gasteiger partial charge in [-0.15, -0.1) is 0 Å². The zero-order valence-corrected chi connectivity index (χ0v) is 12.0. The van der Waals surface area contributed by atoms with Crippen LogP contribution in [0, 0.1) is 11.3 Å². The molecular formula is C15H29NO2. The first-order valence-electron chi connectivity index (χ1n) is 7.54. The maximum absolute atomic E-state index is 9.81. The molecule has 18 heavy (non-hydrogen) atoms. The minimum absolute atomic E-state index is 0.144. The van der Waals surface area contributed by atoms with Crippen molar-refractivity contribution >= 4 is 0 Å². The first-order chi connectivity index (χ1) is 8.63. The van der Waals surface area contributed by atoms with Gasteiger partial charge in [0, 0.05) is 31.7 Å². The monoisotopic (exact) mass is 255 g/mol. The number of rotatable bonds is 5. The summed E-state index contributed by atoms with van der Waals surface area (Å²) in [4.78, 5) is 2.38. The number of hydrogen-bond acceptors (Lipinski definition) is 3. The van der Waals surface area contributed by atoms with Crippen LogP contribution in [0.4, 0.5) is 0 Å². The predicted octanol–water partition coefficient (Wildman–Crippen LogP) is 2.29. The first-order valence-corrected chi connectivity index (χ1v) is 7.54. The summed E-state index contributed by atoms with van der Waals surface area (Å²) < 4.78 is 5.70. The summed E-state index contributed by atoms with van der Waals surface area (Å²) in [5.41, 5.74) is 0.144. The molecule has 2 aliphatic rings. The highest BCUT2D eigenvalue weighted by Crippen LogP contribution is 2.39. The topological polar surface area (TPSA) is 32.7 Å². The second-order valence-electron chi connectivity index (χ2n) is 6.69. The zero-order chi connectivity index (χ0) is 13.0. The number of aliphatic hydroxyl groups is 1. The van der Waals surface area contributed by atoms with Crippen LogP contribution in [0.5, 0.6) is 0 Å². The van der Waals surface area contributed by atoms with E-state index in [1.165, 1.54) is 38.5 Å². The molecule has 3 unspecified atom stereocenters. The summed E-state index contributed by atoms with van der Waals surface area (Å²) >= 11 is 0. The van der Waals surface area contributed by atoms with Crippen molar-refractivity contribution in [2.24, 2.45) is 11.3 Å². The fourth-order valence-corrected chi connectivity index (χ4v) is 3.88. The average Bonchev–Trinajstić information content (AvgIpc) is 2.81. The molecule has 0 radical (unpaired) electrons. The third kappa shape index (κ3) is 3.69. The fourth-order valence-electron chi connectivity index (χ4n) is 3.88. The van der Waals surface area contributed by atoms with Gasteiger partial charge < -0.3 is 14.7 Å². The van der Waals surface area contributed by atoms with Gasteiger partial charge in [0.05, 0.1) is 6.10 Å². The summed E-state index contributed by atoms with van der Waals surface area (Å²) in [7, 11) is 2.18. The van der Waals surface area contributed by atoms with Gasteiger partial charge in [-0.2, -0.15) is 0 Å². The number of aliphatic hydroxyl groups excluding tert-OH is 1. The molecule has 3 nitrogen and oxygen atoms in total. The molecule has 1 saturated carbocycles. The molecule has 0 amide bonds. The number of nitrogens with zero attached hydrogens (tertiary/aromatic N) is 1. The maximum atomic E-state index is 9.81. The summed E-state index contributed by atoms with van der Waals surface area (Å²) in [5.74, 6) is 0.766. The predicted molar refractivity (Wildman–Crippen MR) is 73.6 cm³/mol. The second-order valence-corrected chi connectivity index (χ2v) is 6.69. The fraction of sp³-hybridized carbons (Fsp3) is 1.00. The largest absolute Gasteiger partial charge is 0.396 e. The van der Waals surface area contributed by atoms with E-state index in [4.69, 9.17) is 4.74 Å². The van der Waals surface area contributed by atoms with E-state index in [1.807, 2.05) is 0 Å². The highest BCUT2D eigenvalue weighted by molar-refractivity contribution is 4.87. The molecule has 1 N–H and O–H groups in total. The van der Waals surface area contributed by atoms with Gasteiger partial charge in [0.2, 0.25) is 0 Å². The standard InChI is InChI=1S/C15H29NO2/c1-13-5-3-7-15(9-13,12-17)11-16(2)10-14-6-4-8-18-14/h13-14,17H,3-12H2,1-2H3. The Kier molecular flexibility index (Phi) is 5.05. The average molecular weight is 255 g/mol. The minimum Gasteiger partial charge on any atom is -0.396 e. The Balaban J connectivity index is 1.84. The van der Waals surface area contributed by atoms with Gasteiger partial charge in [0.1, 0.15) is 0 Å². The highest BCUT2D eigenvalue weighted by atomic mass is 16.5. The van der Waals surface area contributed by atoms with Crippen LogP contribution in [-0.2, 0) is 4.74 Å². The molecule has 3 heteroatoms. The smallest absolute Gasteiger partial charge is 0.0702 e. The molecule has 3 atom stereocenters. The third-order valence-corrected chi connectivity index (χ3v) is 4.67. The van der Waals surface area contributed by atoms with Gasteiger partial charge in [0.25, 0.3) is 0 Å². The molecule has 2 rings (SSSR count). The van der Waals surface area contributed by atoms with Crippen molar-refractivity contribution in [2.75, 3.05) is 33.4 Å². The van der Waals surface area contributed by atoms with Gasteiger partial charge in [-0.05, 0) is 38.6 Å². The SMILES string of the molecule is CC1CCCC(CO)(CN(C)CC2CCCO2)C1. The van der Waals surface area contributed by atoms with E-state index >= 15 is 0 Å². The lowest BCUT2D eigenvalue weighted by atomic mass is 9.70. The number of likely N-dealkylation sites (N-methyl/N-ethyl adjacent to an activating group) is 1. The molecule has 0 aromatic rings. The lowest BCUT2D eigenvalue weighted by Gasteiger charge is -2.41. The van der Waals surface area contributed by atoms with Gasteiger partial charge in [-0.25, -0.2) is 0 Å². The molecule has 106 valence electrons. The van der Waals surface area contributed by atoms with Crippen LogP contribution in [-0.4, -0.2) is 49.5 Å². The van der Waals surface area contributed by atoms with Gasteiger partial charge in [-0.3, -0.25) is 0 Å². The Morgan fingerprint density at radius 1 is 1.33 bits per heavy atom. The minimum atomic E-state index is 0.144. The summed E-state index contributed by atoms with van der Waals surface area (Å²) in [5, 5.41) is 9.81. The molecule has 1 aliphatic heterocycles. The zero-order valence-electron chi connectivity index (χ0n) is 12.0. The van der Waals surface area contributed by atoms with Crippen molar-refractivity contribution in [3.05, 3.63) is 0 Å². The van der Waals surface area contributed by atoms with Crippen molar-refractivity contribution < 1.29 is 9.84 Å². The van der Waals surface area contributed by atoms with E-state index in [-0.39, 0.29) is 5.41 Å². The Bertz CT molecular complexity index is 253. The summed E-state index contributed by atoms with van der Waals surface area (Å²) in [6.07, 6.45) is 7.80. The van der Waals surface area contributed by atoms with E-state index in [1.54, 1.807) is 0 Å². The van der Waals surface area contributed by atoms with Crippen molar-refractivity contribution in [3.63, 3.8) is 0 Å². The first kappa shape index (κ1) is 14.3. The van der Waals surface area contributed by atoms with E-state index < -0.39 is 0 Å². The summed E-state index contributed by atoms with van der Waals surface area (Å²) in [6.45, 7) is 5.64. The van der Waals surface area contributed by atoms with E-state index in [0.717, 1.165) is 25.6 Å². The lowest BCUT2D eigenvalue weighted by molar-refractivity contribution is 0.0130. The van der Waals surface area contributed by atoms with Crippen LogP contribution in [0.25, 0.3) is 0 Å². The Morgan fingerprint density at radius 3 is 2.78 bits per heavy atom. The molecule has 0 bridgehead atoms. The molecule has 0 aromatic heterocycles. The molecule has 1 saturated heterocycles. The van der Waals surface area contributed by atoms with Crippen LogP contribution >= 0.6 is 0 Å². The molecule has 0 aromatic carbocycles. The number of ether oxygens (including phenoxy) is 1.